The lowest BCUT2D eigenvalue weighted by molar-refractivity contribution is -0.141. The summed E-state index contributed by atoms with van der Waals surface area (Å²) in [5, 5.41) is 15.5. The second-order valence-electron chi connectivity index (χ2n) is 5.46. The summed E-state index contributed by atoms with van der Waals surface area (Å²) in [6, 6.07) is 13.4. The van der Waals surface area contributed by atoms with Crippen molar-refractivity contribution < 1.29 is 14.7 Å². The van der Waals surface area contributed by atoms with Crippen LogP contribution in [0.3, 0.4) is 0 Å². The van der Waals surface area contributed by atoms with Gasteiger partial charge in [-0.15, -0.1) is 0 Å². The molecule has 2 aromatic carbocycles. The van der Waals surface area contributed by atoms with Crippen LogP contribution in [0.15, 0.2) is 48.5 Å². The van der Waals surface area contributed by atoms with E-state index < -0.39 is 17.9 Å². The Balaban J connectivity index is 1.86. The molecule has 0 saturated carbocycles. The third kappa shape index (κ3) is 6.38. The Labute approximate surface area is 156 Å². The third-order valence-corrected chi connectivity index (χ3v) is 4.28. The number of amides is 1. The Hall–Kier alpha value is -2.08. The van der Waals surface area contributed by atoms with Crippen LogP contribution in [-0.4, -0.2) is 29.6 Å². The van der Waals surface area contributed by atoms with E-state index in [4.69, 9.17) is 23.2 Å². The van der Waals surface area contributed by atoms with Crippen molar-refractivity contribution in [2.45, 2.75) is 18.9 Å². The lowest BCUT2D eigenvalue weighted by atomic mass is 10.1. The molecular weight excluding hydrogens is 363 g/mol. The maximum Gasteiger partial charge on any atom is 0.321 e. The summed E-state index contributed by atoms with van der Waals surface area (Å²) < 4.78 is 0. The van der Waals surface area contributed by atoms with E-state index in [0.29, 0.717) is 28.7 Å². The van der Waals surface area contributed by atoms with Crippen molar-refractivity contribution >= 4 is 40.8 Å². The van der Waals surface area contributed by atoms with Crippen LogP contribution in [0.2, 0.25) is 10.0 Å². The monoisotopic (exact) mass is 380 g/mol. The van der Waals surface area contributed by atoms with Crippen LogP contribution in [0.5, 0.6) is 0 Å². The first kappa shape index (κ1) is 19.2. The van der Waals surface area contributed by atoms with Crippen molar-refractivity contribution in [2.75, 3.05) is 11.9 Å². The van der Waals surface area contributed by atoms with Gasteiger partial charge < -0.3 is 15.7 Å². The summed E-state index contributed by atoms with van der Waals surface area (Å²) in [6.07, 6.45) is 0.489. The van der Waals surface area contributed by atoms with Crippen molar-refractivity contribution in [1.82, 2.24) is 5.32 Å². The van der Waals surface area contributed by atoms with Crippen LogP contribution >= 0.6 is 23.2 Å². The molecule has 1 atom stereocenters. The van der Waals surface area contributed by atoms with Crippen LogP contribution < -0.4 is 10.6 Å². The molecule has 1 amide bonds. The Morgan fingerprint density at radius 3 is 2.40 bits per heavy atom. The standard InChI is InChI=1S/C18H18Cl2N2O3/c19-14-7-6-13(10-15(14)20)22-17(23)11-16(18(24)25)21-9-8-12-4-2-1-3-5-12/h1-7,10,16,21H,8-9,11H2,(H,22,23)(H,24,25)/t16-/m0/s1. The first-order valence-corrected chi connectivity index (χ1v) is 8.46. The van der Waals surface area contributed by atoms with Crippen molar-refractivity contribution in [3.63, 3.8) is 0 Å². The number of rotatable bonds is 8. The summed E-state index contributed by atoms with van der Waals surface area (Å²) in [6.45, 7) is 0.459. The first-order valence-electron chi connectivity index (χ1n) is 7.70. The number of hydrogen-bond donors (Lipinski definition) is 3. The van der Waals surface area contributed by atoms with E-state index in [9.17, 15) is 14.7 Å². The van der Waals surface area contributed by atoms with Crippen LogP contribution in [0.1, 0.15) is 12.0 Å². The van der Waals surface area contributed by atoms with Crippen molar-refractivity contribution in [2.24, 2.45) is 0 Å². The van der Waals surface area contributed by atoms with Crippen LogP contribution in [0, 0.1) is 0 Å². The van der Waals surface area contributed by atoms with Gasteiger partial charge in [-0.05, 0) is 36.7 Å². The zero-order chi connectivity index (χ0) is 18.2. The summed E-state index contributed by atoms with van der Waals surface area (Å²) in [4.78, 5) is 23.4. The van der Waals surface area contributed by atoms with Crippen LogP contribution in [-0.2, 0) is 16.0 Å². The average Bonchev–Trinajstić information content (AvgIpc) is 2.58. The molecule has 25 heavy (non-hydrogen) atoms. The molecule has 3 N–H and O–H groups in total. The predicted octanol–water partition coefficient (Wildman–Crippen LogP) is 3.61. The molecule has 7 heteroatoms. The predicted molar refractivity (Wildman–Crippen MR) is 99.3 cm³/mol. The Morgan fingerprint density at radius 1 is 1.04 bits per heavy atom. The van der Waals surface area contributed by atoms with Gasteiger partial charge in [0, 0.05) is 5.69 Å². The SMILES string of the molecule is O=C(C[C@H](NCCc1ccccc1)C(=O)O)Nc1ccc(Cl)c(Cl)c1. The van der Waals surface area contributed by atoms with E-state index >= 15 is 0 Å². The summed E-state index contributed by atoms with van der Waals surface area (Å²) in [5.41, 5.74) is 1.56. The second-order valence-corrected chi connectivity index (χ2v) is 6.28. The molecule has 0 unspecified atom stereocenters. The highest BCUT2D eigenvalue weighted by Crippen LogP contribution is 2.25. The fourth-order valence-corrected chi connectivity index (χ4v) is 2.55. The van der Waals surface area contributed by atoms with Crippen LogP contribution in [0.4, 0.5) is 5.69 Å². The zero-order valence-electron chi connectivity index (χ0n) is 13.3. The van der Waals surface area contributed by atoms with Gasteiger partial charge in [0.05, 0.1) is 16.5 Å². The van der Waals surface area contributed by atoms with E-state index in [1.54, 1.807) is 12.1 Å². The van der Waals surface area contributed by atoms with E-state index in [0.717, 1.165) is 5.56 Å². The van der Waals surface area contributed by atoms with E-state index in [-0.39, 0.29) is 6.42 Å². The molecule has 2 aromatic rings. The minimum Gasteiger partial charge on any atom is -0.480 e. The molecule has 0 spiro atoms. The largest absolute Gasteiger partial charge is 0.480 e. The molecule has 0 radical (unpaired) electrons. The lowest BCUT2D eigenvalue weighted by Crippen LogP contribution is -2.40. The number of nitrogens with one attached hydrogen (secondary N) is 2. The average molecular weight is 381 g/mol. The van der Waals surface area contributed by atoms with Gasteiger partial charge in [-0.3, -0.25) is 9.59 Å². The van der Waals surface area contributed by atoms with E-state index in [1.165, 1.54) is 6.07 Å². The van der Waals surface area contributed by atoms with Gasteiger partial charge in [-0.2, -0.15) is 0 Å². The molecule has 0 aromatic heterocycles. The fourth-order valence-electron chi connectivity index (χ4n) is 2.25. The number of halogens is 2. The van der Waals surface area contributed by atoms with Gasteiger partial charge in [0.25, 0.3) is 0 Å². The fraction of sp³-hybridized carbons (Fsp3) is 0.222. The lowest BCUT2D eigenvalue weighted by Gasteiger charge is -2.14. The minimum atomic E-state index is -1.07. The van der Waals surface area contributed by atoms with Gasteiger partial charge in [0.15, 0.2) is 0 Å². The second kappa shape index (κ2) is 9.42. The van der Waals surface area contributed by atoms with Gasteiger partial charge >= 0.3 is 5.97 Å². The molecule has 0 aliphatic rings. The summed E-state index contributed by atoms with van der Waals surface area (Å²) in [7, 11) is 0. The topological polar surface area (TPSA) is 78.4 Å². The highest BCUT2D eigenvalue weighted by Gasteiger charge is 2.20. The van der Waals surface area contributed by atoms with Crippen LogP contribution in [0.25, 0.3) is 0 Å². The molecular formula is C18H18Cl2N2O3. The summed E-state index contributed by atoms with van der Waals surface area (Å²) in [5.74, 6) is -1.49. The van der Waals surface area contributed by atoms with Gasteiger partial charge in [0.2, 0.25) is 5.91 Å². The normalized spacial score (nSPS) is 11.8. The number of carbonyl (C=O) groups is 2. The molecule has 132 valence electrons. The number of carboxylic acids is 1. The number of carbonyl (C=O) groups excluding carboxylic acids is 1. The first-order chi connectivity index (χ1) is 12.0. The Kier molecular flexibility index (Phi) is 7.25. The molecule has 0 saturated heterocycles. The summed E-state index contributed by atoms with van der Waals surface area (Å²) >= 11 is 11.7. The molecule has 0 fully saturated rings. The molecule has 0 heterocycles. The van der Waals surface area contributed by atoms with E-state index in [1.807, 2.05) is 30.3 Å². The van der Waals surface area contributed by atoms with Crippen molar-refractivity contribution in [3.8, 4) is 0 Å². The Bertz CT molecular complexity index is 738. The van der Waals surface area contributed by atoms with E-state index in [2.05, 4.69) is 10.6 Å². The molecule has 0 bridgehead atoms. The molecule has 0 aliphatic carbocycles. The molecule has 5 nitrogen and oxygen atoms in total. The maximum absolute atomic E-state index is 12.1. The third-order valence-electron chi connectivity index (χ3n) is 3.54. The van der Waals surface area contributed by atoms with Gasteiger partial charge in [0.1, 0.15) is 6.04 Å². The van der Waals surface area contributed by atoms with Gasteiger partial charge in [-0.25, -0.2) is 0 Å². The smallest absolute Gasteiger partial charge is 0.321 e. The quantitative estimate of drug-likeness (QED) is 0.653. The highest BCUT2D eigenvalue weighted by molar-refractivity contribution is 6.42. The maximum atomic E-state index is 12.1. The number of hydrogen-bond acceptors (Lipinski definition) is 3. The number of carboxylic acid groups (broad SMARTS) is 1. The zero-order valence-corrected chi connectivity index (χ0v) is 14.8. The highest BCUT2D eigenvalue weighted by atomic mass is 35.5. The Morgan fingerprint density at radius 2 is 1.76 bits per heavy atom. The number of benzene rings is 2. The molecule has 0 aliphatic heterocycles. The van der Waals surface area contributed by atoms with Crippen molar-refractivity contribution in [3.05, 3.63) is 64.1 Å². The number of aliphatic carboxylic acids is 1. The molecule has 2 rings (SSSR count). The number of anilines is 1. The minimum absolute atomic E-state index is 0.190. The van der Waals surface area contributed by atoms with Gasteiger partial charge in [-0.1, -0.05) is 53.5 Å². The van der Waals surface area contributed by atoms with Crippen molar-refractivity contribution in [1.29, 1.82) is 0 Å².